The predicted molar refractivity (Wildman–Crippen MR) is 293 cm³/mol. The second-order valence-electron chi connectivity index (χ2n) is 21.1. The summed E-state index contributed by atoms with van der Waals surface area (Å²) in [5, 5.41) is 40.4. The van der Waals surface area contributed by atoms with Crippen LogP contribution in [0.2, 0.25) is 0 Å². The number of unbranched alkanes of at least 4 members (excludes halogenated alkanes) is 39. The standard InChI is InChI=1S/C61H116O9/c1-3-5-7-9-11-13-15-17-19-21-23-25-26-27-28-29-31-33-35-37-39-41-43-45-47-49-51-67-53-55(54-68-61-60(66)59(65)58(64)56(52-62)70-61)69-57(63)50-48-46-44-42-40-38-36-34-32-30-24-22-20-18-16-14-12-10-8-6-4-2/h21-24,55-56,58-62,64-66H,3-20,25-54H2,1-2H3/b23-21-,24-22-. The highest BCUT2D eigenvalue weighted by Crippen LogP contribution is 2.23. The van der Waals surface area contributed by atoms with Crippen molar-refractivity contribution in [3.63, 3.8) is 0 Å². The summed E-state index contributed by atoms with van der Waals surface area (Å²) >= 11 is 0. The van der Waals surface area contributed by atoms with Gasteiger partial charge in [-0.15, -0.1) is 0 Å². The van der Waals surface area contributed by atoms with E-state index >= 15 is 0 Å². The van der Waals surface area contributed by atoms with Gasteiger partial charge in [0.25, 0.3) is 0 Å². The zero-order chi connectivity index (χ0) is 50.6. The molecule has 6 atom stereocenters. The van der Waals surface area contributed by atoms with Crippen LogP contribution < -0.4 is 0 Å². The van der Waals surface area contributed by atoms with E-state index in [1.807, 2.05) is 0 Å². The Morgan fingerprint density at radius 1 is 0.443 bits per heavy atom. The van der Waals surface area contributed by atoms with Crippen molar-refractivity contribution in [1.29, 1.82) is 0 Å². The number of rotatable bonds is 54. The molecule has 0 bridgehead atoms. The first-order chi connectivity index (χ1) is 34.4. The summed E-state index contributed by atoms with van der Waals surface area (Å²) in [6.45, 7) is 4.62. The summed E-state index contributed by atoms with van der Waals surface area (Å²) in [5.41, 5.74) is 0. The summed E-state index contributed by atoms with van der Waals surface area (Å²) < 4.78 is 23.0. The van der Waals surface area contributed by atoms with Crippen molar-refractivity contribution in [2.75, 3.05) is 26.4 Å². The topological polar surface area (TPSA) is 135 Å². The largest absolute Gasteiger partial charge is 0.457 e. The van der Waals surface area contributed by atoms with Crippen molar-refractivity contribution >= 4 is 5.97 Å². The van der Waals surface area contributed by atoms with E-state index in [0.717, 1.165) is 32.1 Å². The quantitative estimate of drug-likeness (QED) is 0.0267. The molecule has 0 aliphatic carbocycles. The number of allylic oxidation sites excluding steroid dienone is 4. The van der Waals surface area contributed by atoms with Crippen LogP contribution in [0.5, 0.6) is 0 Å². The highest BCUT2D eigenvalue weighted by Gasteiger charge is 2.44. The number of hydrogen-bond acceptors (Lipinski definition) is 9. The van der Waals surface area contributed by atoms with Crippen molar-refractivity contribution in [2.45, 2.75) is 333 Å². The third-order valence-corrected chi connectivity index (χ3v) is 14.3. The van der Waals surface area contributed by atoms with Gasteiger partial charge >= 0.3 is 5.97 Å². The number of hydrogen-bond donors (Lipinski definition) is 4. The van der Waals surface area contributed by atoms with Crippen LogP contribution in [0, 0.1) is 0 Å². The molecule has 1 fully saturated rings. The molecular weight excluding hydrogens is 877 g/mol. The molecule has 1 heterocycles. The van der Waals surface area contributed by atoms with Gasteiger partial charge in [-0.3, -0.25) is 4.79 Å². The summed E-state index contributed by atoms with van der Waals surface area (Å²) in [7, 11) is 0. The van der Waals surface area contributed by atoms with E-state index in [4.69, 9.17) is 18.9 Å². The molecule has 4 N–H and O–H groups in total. The van der Waals surface area contributed by atoms with Gasteiger partial charge in [-0.1, -0.05) is 250 Å². The molecule has 70 heavy (non-hydrogen) atoms. The molecule has 0 radical (unpaired) electrons. The van der Waals surface area contributed by atoms with E-state index in [9.17, 15) is 25.2 Å². The summed E-state index contributed by atoms with van der Waals surface area (Å²) in [6, 6.07) is 0. The third kappa shape index (κ3) is 42.1. The minimum Gasteiger partial charge on any atom is -0.457 e. The zero-order valence-electron chi connectivity index (χ0n) is 46.0. The van der Waals surface area contributed by atoms with Crippen LogP contribution >= 0.6 is 0 Å². The molecule has 0 amide bonds. The van der Waals surface area contributed by atoms with Crippen LogP contribution in [-0.2, 0) is 23.7 Å². The summed E-state index contributed by atoms with van der Waals surface area (Å²) in [6.07, 6.45) is 58.1. The van der Waals surface area contributed by atoms with Crippen molar-refractivity contribution in [3.05, 3.63) is 24.3 Å². The van der Waals surface area contributed by atoms with Crippen LogP contribution in [0.25, 0.3) is 0 Å². The molecule has 1 saturated heterocycles. The first-order valence-corrected chi connectivity index (χ1v) is 30.4. The smallest absolute Gasteiger partial charge is 0.306 e. The fourth-order valence-electron chi connectivity index (χ4n) is 9.60. The average Bonchev–Trinajstić information content (AvgIpc) is 3.36. The molecule has 414 valence electrons. The highest BCUT2D eigenvalue weighted by atomic mass is 16.7. The normalized spacial score (nSPS) is 19.0. The van der Waals surface area contributed by atoms with Gasteiger partial charge in [0.15, 0.2) is 6.29 Å². The van der Waals surface area contributed by atoms with Crippen LogP contribution in [-0.4, -0.2) is 89.6 Å². The van der Waals surface area contributed by atoms with E-state index in [-0.39, 0.29) is 19.2 Å². The van der Waals surface area contributed by atoms with Crippen molar-refractivity contribution in [3.8, 4) is 0 Å². The zero-order valence-corrected chi connectivity index (χ0v) is 46.0. The lowest BCUT2D eigenvalue weighted by atomic mass is 9.99. The molecule has 0 aromatic carbocycles. The average molecular weight is 994 g/mol. The van der Waals surface area contributed by atoms with E-state index in [1.54, 1.807) is 0 Å². The van der Waals surface area contributed by atoms with E-state index in [0.29, 0.717) is 13.0 Å². The fraction of sp³-hybridized carbons (Fsp3) is 0.918. The number of ether oxygens (including phenoxy) is 4. The Morgan fingerprint density at radius 2 is 0.786 bits per heavy atom. The lowest BCUT2D eigenvalue weighted by Gasteiger charge is -2.39. The van der Waals surface area contributed by atoms with Crippen LogP contribution in [0.15, 0.2) is 24.3 Å². The molecular formula is C61H116O9. The Balaban J connectivity index is 2.12. The highest BCUT2D eigenvalue weighted by molar-refractivity contribution is 5.69. The van der Waals surface area contributed by atoms with E-state index in [1.165, 1.54) is 244 Å². The SMILES string of the molecule is CCCCCCCCCC/C=C\CCCCCCCCCCCCCCCCOCC(COC1OC(CO)C(O)C(O)C1O)OC(=O)CCCCCCCCCCC/C=C\CCCCCCCCCC. The molecule has 9 nitrogen and oxygen atoms in total. The van der Waals surface area contributed by atoms with Gasteiger partial charge in [-0.05, 0) is 64.2 Å². The van der Waals surface area contributed by atoms with Crippen molar-refractivity contribution < 1.29 is 44.2 Å². The lowest BCUT2D eigenvalue weighted by Crippen LogP contribution is -2.59. The maximum Gasteiger partial charge on any atom is 0.306 e. The van der Waals surface area contributed by atoms with E-state index in [2.05, 4.69) is 38.2 Å². The van der Waals surface area contributed by atoms with Gasteiger partial charge in [0.05, 0.1) is 19.8 Å². The number of esters is 1. The van der Waals surface area contributed by atoms with Gasteiger partial charge in [-0.25, -0.2) is 0 Å². The van der Waals surface area contributed by atoms with Crippen LogP contribution in [0.3, 0.4) is 0 Å². The number of carbonyl (C=O) groups excluding carboxylic acids is 1. The maximum absolute atomic E-state index is 12.9. The van der Waals surface area contributed by atoms with Gasteiger partial charge in [0.2, 0.25) is 0 Å². The van der Waals surface area contributed by atoms with Gasteiger partial charge in [0, 0.05) is 13.0 Å². The van der Waals surface area contributed by atoms with E-state index < -0.39 is 43.4 Å². The Hall–Kier alpha value is -1.33. The maximum atomic E-state index is 12.9. The molecule has 0 aromatic heterocycles. The number of aliphatic hydroxyl groups is 4. The number of aliphatic hydroxyl groups excluding tert-OH is 4. The minimum absolute atomic E-state index is 0.110. The Morgan fingerprint density at radius 3 is 1.16 bits per heavy atom. The second kappa shape index (κ2) is 52.5. The molecule has 0 saturated carbocycles. The molecule has 0 aromatic rings. The number of carbonyl (C=O) groups is 1. The Bertz CT molecular complexity index is 1130. The Labute approximate surface area is 432 Å². The van der Waals surface area contributed by atoms with Gasteiger partial charge in [-0.2, -0.15) is 0 Å². The minimum atomic E-state index is -1.54. The molecule has 6 unspecified atom stereocenters. The van der Waals surface area contributed by atoms with Crippen molar-refractivity contribution in [1.82, 2.24) is 0 Å². The monoisotopic (exact) mass is 993 g/mol. The summed E-state index contributed by atoms with van der Waals surface area (Å²) in [4.78, 5) is 12.9. The molecule has 1 rings (SSSR count). The lowest BCUT2D eigenvalue weighted by molar-refractivity contribution is -0.305. The first kappa shape index (κ1) is 66.7. The molecule has 1 aliphatic heterocycles. The second-order valence-corrected chi connectivity index (χ2v) is 21.1. The Kier molecular flexibility index (Phi) is 50.0. The first-order valence-electron chi connectivity index (χ1n) is 30.4. The predicted octanol–water partition coefficient (Wildman–Crippen LogP) is 16.0. The molecule has 1 aliphatic rings. The van der Waals surface area contributed by atoms with Crippen molar-refractivity contribution in [2.24, 2.45) is 0 Å². The van der Waals surface area contributed by atoms with Gasteiger partial charge < -0.3 is 39.4 Å². The van der Waals surface area contributed by atoms with Crippen LogP contribution in [0.1, 0.15) is 296 Å². The third-order valence-electron chi connectivity index (χ3n) is 14.3. The van der Waals surface area contributed by atoms with Crippen LogP contribution in [0.4, 0.5) is 0 Å². The molecule has 0 spiro atoms. The summed E-state index contributed by atoms with van der Waals surface area (Å²) in [5.74, 6) is -0.309. The fourth-order valence-corrected chi connectivity index (χ4v) is 9.60. The molecule has 9 heteroatoms. The van der Waals surface area contributed by atoms with Gasteiger partial charge in [0.1, 0.15) is 30.5 Å².